The van der Waals surface area contributed by atoms with E-state index in [0.717, 1.165) is 16.9 Å². The first-order valence-electron chi connectivity index (χ1n) is 6.39. The summed E-state index contributed by atoms with van der Waals surface area (Å²) in [5.74, 6) is 0. The summed E-state index contributed by atoms with van der Waals surface area (Å²) in [4.78, 5) is 4.69. The molecule has 1 heterocycles. The minimum absolute atomic E-state index is 0.584. The molecule has 0 aliphatic heterocycles. The van der Waals surface area contributed by atoms with E-state index >= 15 is 0 Å². The highest BCUT2D eigenvalue weighted by Crippen LogP contribution is 2.25. The minimum Gasteiger partial charge on any atom is -0.326 e. The third kappa shape index (κ3) is 2.53. The quantitative estimate of drug-likeness (QED) is 0.787. The molecule has 0 saturated carbocycles. The smallest absolute Gasteiger partial charge is 0.0982 e. The molecule has 0 aliphatic rings. The Bertz CT molecular complexity index is 683. The molecule has 0 unspecified atom stereocenters. The first-order valence-corrected chi connectivity index (χ1v) is 7.21. The van der Waals surface area contributed by atoms with Gasteiger partial charge in [0.05, 0.1) is 15.2 Å². The SMILES string of the molecule is Cc1ccc(CN)c(Cc2nc3ccccc3s2)c1. The molecule has 2 aromatic carbocycles. The van der Waals surface area contributed by atoms with Crippen LogP contribution in [-0.4, -0.2) is 4.98 Å². The Labute approximate surface area is 116 Å². The van der Waals surface area contributed by atoms with Crippen LogP contribution in [0.5, 0.6) is 0 Å². The first-order chi connectivity index (χ1) is 9.26. The Morgan fingerprint density at radius 3 is 2.74 bits per heavy atom. The Morgan fingerprint density at radius 2 is 1.95 bits per heavy atom. The van der Waals surface area contributed by atoms with Crippen LogP contribution in [0.15, 0.2) is 42.5 Å². The number of fused-ring (bicyclic) bond motifs is 1. The van der Waals surface area contributed by atoms with Gasteiger partial charge in [0.1, 0.15) is 0 Å². The van der Waals surface area contributed by atoms with Crippen molar-refractivity contribution < 1.29 is 0 Å². The normalized spacial score (nSPS) is 11.1. The van der Waals surface area contributed by atoms with E-state index in [1.54, 1.807) is 11.3 Å². The summed E-state index contributed by atoms with van der Waals surface area (Å²) >= 11 is 1.77. The van der Waals surface area contributed by atoms with Crippen molar-refractivity contribution in [2.45, 2.75) is 19.9 Å². The highest BCUT2D eigenvalue weighted by atomic mass is 32.1. The van der Waals surface area contributed by atoms with Crippen molar-refractivity contribution >= 4 is 21.6 Å². The van der Waals surface area contributed by atoms with Gasteiger partial charge < -0.3 is 5.73 Å². The van der Waals surface area contributed by atoms with E-state index in [4.69, 9.17) is 10.7 Å². The van der Waals surface area contributed by atoms with Gasteiger partial charge in [0.25, 0.3) is 0 Å². The Kier molecular flexibility index (Phi) is 3.32. The van der Waals surface area contributed by atoms with Crippen molar-refractivity contribution in [2.24, 2.45) is 5.73 Å². The molecule has 0 aliphatic carbocycles. The fourth-order valence-electron chi connectivity index (χ4n) is 2.28. The van der Waals surface area contributed by atoms with Gasteiger partial charge in [-0.3, -0.25) is 0 Å². The largest absolute Gasteiger partial charge is 0.326 e. The van der Waals surface area contributed by atoms with Crippen molar-refractivity contribution in [1.29, 1.82) is 0 Å². The lowest BCUT2D eigenvalue weighted by Gasteiger charge is -2.07. The second-order valence-electron chi connectivity index (χ2n) is 4.73. The van der Waals surface area contributed by atoms with Gasteiger partial charge in [0, 0.05) is 13.0 Å². The van der Waals surface area contributed by atoms with Gasteiger partial charge in [-0.15, -0.1) is 11.3 Å². The summed E-state index contributed by atoms with van der Waals surface area (Å²) in [7, 11) is 0. The van der Waals surface area contributed by atoms with Gasteiger partial charge in [0.2, 0.25) is 0 Å². The lowest BCUT2D eigenvalue weighted by Crippen LogP contribution is -2.02. The third-order valence-corrected chi connectivity index (χ3v) is 4.30. The predicted molar refractivity (Wildman–Crippen MR) is 81.5 cm³/mol. The number of rotatable bonds is 3. The number of hydrogen-bond donors (Lipinski definition) is 1. The molecule has 3 heteroatoms. The molecular weight excluding hydrogens is 252 g/mol. The fraction of sp³-hybridized carbons (Fsp3) is 0.188. The maximum absolute atomic E-state index is 5.81. The zero-order valence-electron chi connectivity index (χ0n) is 10.9. The summed E-state index contributed by atoms with van der Waals surface area (Å²) in [5.41, 5.74) is 10.7. The van der Waals surface area contributed by atoms with E-state index in [0.29, 0.717) is 6.54 Å². The van der Waals surface area contributed by atoms with E-state index < -0.39 is 0 Å². The summed E-state index contributed by atoms with van der Waals surface area (Å²) in [6.07, 6.45) is 0.869. The van der Waals surface area contributed by atoms with Crippen LogP contribution in [0.3, 0.4) is 0 Å². The number of aromatic nitrogens is 1. The van der Waals surface area contributed by atoms with E-state index in [-0.39, 0.29) is 0 Å². The standard InChI is InChI=1S/C16H16N2S/c1-11-6-7-12(10-17)13(8-11)9-16-18-14-4-2-3-5-15(14)19-16/h2-8H,9-10,17H2,1H3. The van der Waals surface area contributed by atoms with Crippen molar-refractivity contribution in [1.82, 2.24) is 4.98 Å². The zero-order chi connectivity index (χ0) is 13.2. The average Bonchev–Trinajstić information content (AvgIpc) is 2.81. The number of nitrogens with two attached hydrogens (primary N) is 1. The molecule has 0 amide bonds. The molecule has 0 radical (unpaired) electrons. The minimum atomic E-state index is 0.584. The van der Waals surface area contributed by atoms with Crippen molar-refractivity contribution in [3.63, 3.8) is 0 Å². The fourth-order valence-corrected chi connectivity index (χ4v) is 3.27. The summed E-state index contributed by atoms with van der Waals surface area (Å²) in [6.45, 7) is 2.70. The maximum Gasteiger partial charge on any atom is 0.0982 e. The van der Waals surface area contributed by atoms with E-state index in [1.807, 2.05) is 6.07 Å². The average molecular weight is 268 g/mol. The van der Waals surface area contributed by atoms with E-state index in [1.165, 1.54) is 21.4 Å². The zero-order valence-corrected chi connectivity index (χ0v) is 11.7. The second-order valence-corrected chi connectivity index (χ2v) is 5.84. The van der Waals surface area contributed by atoms with Crippen molar-refractivity contribution in [3.05, 3.63) is 64.2 Å². The van der Waals surface area contributed by atoms with Crippen LogP contribution in [0.2, 0.25) is 0 Å². The summed E-state index contributed by atoms with van der Waals surface area (Å²) < 4.78 is 1.25. The van der Waals surface area contributed by atoms with Gasteiger partial charge in [-0.25, -0.2) is 4.98 Å². The van der Waals surface area contributed by atoms with Crippen LogP contribution in [-0.2, 0) is 13.0 Å². The summed E-state index contributed by atoms with van der Waals surface area (Å²) in [6, 6.07) is 14.7. The van der Waals surface area contributed by atoms with Crippen LogP contribution in [0.1, 0.15) is 21.7 Å². The second kappa shape index (κ2) is 5.11. The van der Waals surface area contributed by atoms with E-state index in [9.17, 15) is 0 Å². The monoisotopic (exact) mass is 268 g/mol. The van der Waals surface area contributed by atoms with Gasteiger partial charge in [-0.05, 0) is 30.2 Å². The number of benzene rings is 2. The summed E-state index contributed by atoms with van der Waals surface area (Å²) in [5, 5.41) is 1.15. The predicted octanol–water partition coefficient (Wildman–Crippen LogP) is 3.65. The van der Waals surface area contributed by atoms with Gasteiger partial charge in [-0.1, -0.05) is 35.9 Å². The lowest BCUT2D eigenvalue weighted by atomic mass is 10.0. The molecule has 0 atom stereocenters. The van der Waals surface area contributed by atoms with Crippen LogP contribution in [0.25, 0.3) is 10.2 Å². The molecule has 0 fully saturated rings. The molecule has 3 rings (SSSR count). The Hall–Kier alpha value is -1.71. The molecule has 1 aromatic heterocycles. The molecule has 3 aromatic rings. The lowest BCUT2D eigenvalue weighted by molar-refractivity contribution is 1.01. The molecular formula is C16H16N2S. The van der Waals surface area contributed by atoms with Crippen LogP contribution in [0, 0.1) is 6.92 Å². The maximum atomic E-state index is 5.81. The van der Waals surface area contributed by atoms with Gasteiger partial charge in [-0.2, -0.15) is 0 Å². The topological polar surface area (TPSA) is 38.9 Å². The molecule has 2 nitrogen and oxygen atoms in total. The van der Waals surface area contributed by atoms with Crippen LogP contribution < -0.4 is 5.73 Å². The third-order valence-electron chi connectivity index (χ3n) is 3.26. The molecule has 0 saturated heterocycles. The molecule has 19 heavy (non-hydrogen) atoms. The molecule has 96 valence electrons. The number of nitrogens with zero attached hydrogens (tertiary/aromatic N) is 1. The number of hydrogen-bond acceptors (Lipinski definition) is 3. The van der Waals surface area contributed by atoms with Gasteiger partial charge in [0.15, 0.2) is 0 Å². The van der Waals surface area contributed by atoms with Crippen LogP contribution in [0.4, 0.5) is 0 Å². The molecule has 2 N–H and O–H groups in total. The highest BCUT2D eigenvalue weighted by Gasteiger charge is 2.07. The molecule has 0 bridgehead atoms. The van der Waals surface area contributed by atoms with Crippen LogP contribution >= 0.6 is 11.3 Å². The Morgan fingerprint density at radius 1 is 1.11 bits per heavy atom. The van der Waals surface area contributed by atoms with E-state index in [2.05, 4.69) is 43.3 Å². The first kappa shape index (κ1) is 12.3. The number of thiazole rings is 1. The number of aryl methyl sites for hydroxylation is 1. The molecule has 0 spiro atoms. The number of para-hydroxylation sites is 1. The van der Waals surface area contributed by atoms with Gasteiger partial charge >= 0.3 is 0 Å². The Balaban J connectivity index is 1.98. The highest BCUT2D eigenvalue weighted by molar-refractivity contribution is 7.18. The van der Waals surface area contributed by atoms with Crippen molar-refractivity contribution in [3.8, 4) is 0 Å². The van der Waals surface area contributed by atoms with Crippen molar-refractivity contribution in [2.75, 3.05) is 0 Å².